The van der Waals surface area contributed by atoms with Gasteiger partial charge in [-0.05, 0) is 19.8 Å². The van der Waals surface area contributed by atoms with Crippen molar-refractivity contribution in [1.82, 2.24) is 10.2 Å². The minimum absolute atomic E-state index is 0.256. The van der Waals surface area contributed by atoms with Crippen molar-refractivity contribution in [2.45, 2.75) is 32.2 Å². The van der Waals surface area contributed by atoms with Gasteiger partial charge in [0, 0.05) is 25.2 Å². The normalized spacial score (nSPS) is 19.4. The molecule has 0 aromatic heterocycles. The van der Waals surface area contributed by atoms with E-state index in [2.05, 4.69) is 5.32 Å². The first kappa shape index (κ1) is 16.5. The zero-order valence-corrected chi connectivity index (χ0v) is 14.2. The molecule has 1 fully saturated rings. The molecule has 1 aromatic rings. The Hall–Kier alpha value is -1.37. The first-order valence-corrected chi connectivity index (χ1v) is 8.37. The van der Waals surface area contributed by atoms with E-state index in [1.165, 1.54) is 0 Å². The van der Waals surface area contributed by atoms with Gasteiger partial charge in [0.25, 0.3) is 0 Å². The fourth-order valence-corrected chi connectivity index (χ4v) is 3.04. The molecule has 2 heterocycles. The van der Waals surface area contributed by atoms with Crippen LogP contribution < -0.4 is 14.8 Å². The van der Waals surface area contributed by atoms with Crippen molar-refractivity contribution in [2.75, 3.05) is 19.7 Å². The van der Waals surface area contributed by atoms with Gasteiger partial charge in [0.2, 0.25) is 0 Å². The van der Waals surface area contributed by atoms with E-state index < -0.39 is 12.1 Å². The van der Waals surface area contributed by atoms with Gasteiger partial charge >= 0.3 is 12.1 Å². The van der Waals surface area contributed by atoms with Crippen LogP contribution in [0.3, 0.4) is 0 Å². The number of nitrogens with one attached hydrogen (secondary N) is 1. The van der Waals surface area contributed by atoms with Crippen LogP contribution in [-0.2, 0) is 4.74 Å². The molecule has 3 rings (SSSR count). The van der Waals surface area contributed by atoms with Crippen molar-refractivity contribution in [3.05, 3.63) is 22.2 Å². The van der Waals surface area contributed by atoms with Gasteiger partial charge in [0.15, 0.2) is 11.5 Å². The van der Waals surface area contributed by atoms with Crippen LogP contribution in [0.5, 0.6) is 11.5 Å². The summed E-state index contributed by atoms with van der Waals surface area (Å²) in [5.41, 5.74) is 0. The number of carbonyl (C=O) groups is 1. The molecule has 1 amide bonds. The largest absolute Gasteiger partial charge is 0.450 e. The van der Waals surface area contributed by atoms with Crippen LogP contribution in [0.2, 0.25) is 10.0 Å². The Balaban J connectivity index is 1.89. The second kappa shape index (κ2) is 6.63. The molecular formula is C15H18Cl2N2O4. The van der Waals surface area contributed by atoms with Crippen molar-refractivity contribution < 1.29 is 19.0 Å². The highest BCUT2D eigenvalue weighted by molar-refractivity contribution is 6.42. The zero-order chi connectivity index (χ0) is 16.4. The molecule has 1 saturated heterocycles. The van der Waals surface area contributed by atoms with Gasteiger partial charge in [0.1, 0.15) is 0 Å². The van der Waals surface area contributed by atoms with E-state index in [-0.39, 0.29) is 6.61 Å². The van der Waals surface area contributed by atoms with E-state index in [0.717, 1.165) is 32.4 Å². The van der Waals surface area contributed by atoms with Crippen LogP contribution in [0.15, 0.2) is 12.1 Å². The molecule has 0 saturated carbocycles. The first-order chi connectivity index (χ1) is 11.0. The monoisotopic (exact) mass is 360 g/mol. The Morgan fingerprint density at radius 2 is 1.78 bits per heavy atom. The van der Waals surface area contributed by atoms with Crippen molar-refractivity contribution >= 4 is 29.3 Å². The summed E-state index contributed by atoms with van der Waals surface area (Å²) in [4.78, 5) is 13.9. The maximum atomic E-state index is 12.0. The lowest BCUT2D eigenvalue weighted by atomic mass is 10.1. The molecule has 0 aliphatic carbocycles. The fraction of sp³-hybridized carbons (Fsp3) is 0.533. The molecule has 0 radical (unpaired) electrons. The SMILES string of the molecule is CCOC(=O)NC1(N2CCCCC2)Oc2cc(Cl)c(Cl)cc2O1. The maximum absolute atomic E-state index is 12.0. The maximum Gasteiger partial charge on any atom is 0.414 e. The summed E-state index contributed by atoms with van der Waals surface area (Å²) < 4.78 is 16.8. The molecule has 0 bridgehead atoms. The Kier molecular flexibility index (Phi) is 4.75. The zero-order valence-electron chi connectivity index (χ0n) is 12.7. The third kappa shape index (κ3) is 3.29. The number of fused-ring (bicyclic) bond motifs is 1. The number of ether oxygens (including phenoxy) is 3. The minimum atomic E-state index is -1.43. The van der Waals surface area contributed by atoms with Crippen LogP contribution in [0.4, 0.5) is 4.79 Å². The lowest BCUT2D eigenvalue weighted by molar-refractivity contribution is -0.221. The molecule has 126 valence electrons. The van der Waals surface area contributed by atoms with Crippen LogP contribution >= 0.6 is 23.2 Å². The summed E-state index contributed by atoms with van der Waals surface area (Å²) in [7, 11) is 0. The van der Waals surface area contributed by atoms with Crippen molar-refractivity contribution in [3.8, 4) is 11.5 Å². The van der Waals surface area contributed by atoms with Crippen molar-refractivity contribution in [2.24, 2.45) is 0 Å². The summed E-state index contributed by atoms with van der Waals surface area (Å²) in [6.45, 7) is 3.47. The predicted octanol–water partition coefficient (Wildman–Crippen LogP) is 3.61. The quantitative estimate of drug-likeness (QED) is 0.891. The number of hydrogen-bond acceptors (Lipinski definition) is 5. The Labute approximate surface area is 144 Å². The third-order valence-electron chi connectivity index (χ3n) is 3.79. The van der Waals surface area contributed by atoms with Gasteiger partial charge < -0.3 is 14.2 Å². The van der Waals surface area contributed by atoms with E-state index in [1.54, 1.807) is 19.1 Å². The van der Waals surface area contributed by atoms with Crippen LogP contribution in [0.25, 0.3) is 0 Å². The summed E-state index contributed by atoms with van der Waals surface area (Å²) >= 11 is 12.1. The van der Waals surface area contributed by atoms with Gasteiger partial charge in [-0.3, -0.25) is 0 Å². The second-order valence-corrected chi connectivity index (χ2v) is 6.21. The highest BCUT2D eigenvalue weighted by Gasteiger charge is 2.50. The van der Waals surface area contributed by atoms with Gasteiger partial charge in [-0.2, -0.15) is 0 Å². The number of benzene rings is 1. The van der Waals surface area contributed by atoms with Gasteiger partial charge in [-0.15, -0.1) is 0 Å². The fourth-order valence-electron chi connectivity index (χ4n) is 2.73. The van der Waals surface area contributed by atoms with Crippen LogP contribution in [0, 0.1) is 0 Å². The van der Waals surface area contributed by atoms with Crippen molar-refractivity contribution in [3.63, 3.8) is 0 Å². The Morgan fingerprint density at radius 3 is 2.30 bits per heavy atom. The highest BCUT2D eigenvalue weighted by Crippen LogP contribution is 2.44. The summed E-state index contributed by atoms with van der Waals surface area (Å²) in [5.74, 6) is 0.864. The number of carbonyl (C=O) groups excluding carboxylic acids is 1. The molecule has 8 heteroatoms. The molecule has 6 nitrogen and oxygen atoms in total. The highest BCUT2D eigenvalue weighted by atomic mass is 35.5. The molecular weight excluding hydrogens is 343 g/mol. The molecule has 0 spiro atoms. The van der Waals surface area contributed by atoms with Crippen molar-refractivity contribution in [1.29, 1.82) is 0 Å². The number of halogens is 2. The summed E-state index contributed by atoms with van der Waals surface area (Å²) in [5, 5.41) is 3.40. The standard InChI is InChI=1S/C15H18Cl2N2O4/c1-2-21-14(20)18-15(19-6-4-3-5-7-19)22-12-8-10(16)11(17)9-13(12)23-15/h8-9H,2-7H2,1H3,(H,18,20). The first-order valence-electron chi connectivity index (χ1n) is 7.61. The smallest absolute Gasteiger partial charge is 0.414 e. The van der Waals surface area contributed by atoms with Crippen LogP contribution in [-0.4, -0.2) is 36.7 Å². The molecule has 23 heavy (non-hydrogen) atoms. The number of alkyl carbamates (subject to hydrolysis) is 1. The lowest BCUT2D eigenvalue weighted by Gasteiger charge is -2.39. The molecule has 2 aliphatic heterocycles. The molecule has 1 aromatic carbocycles. The van der Waals surface area contributed by atoms with E-state index in [9.17, 15) is 4.79 Å². The summed E-state index contributed by atoms with van der Waals surface area (Å²) in [6, 6.07) is 1.73. The average molecular weight is 361 g/mol. The molecule has 0 unspecified atom stereocenters. The number of nitrogens with zero attached hydrogens (tertiary/aromatic N) is 1. The minimum Gasteiger partial charge on any atom is -0.450 e. The van der Waals surface area contributed by atoms with E-state index >= 15 is 0 Å². The number of hydrogen-bond donors (Lipinski definition) is 1. The third-order valence-corrected chi connectivity index (χ3v) is 4.51. The molecule has 0 atom stereocenters. The number of likely N-dealkylation sites (tertiary alicyclic amines) is 1. The van der Waals surface area contributed by atoms with E-state index in [1.807, 2.05) is 4.90 Å². The van der Waals surface area contributed by atoms with Crippen LogP contribution in [0.1, 0.15) is 26.2 Å². The Morgan fingerprint density at radius 1 is 1.22 bits per heavy atom. The second-order valence-electron chi connectivity index (χ2n) is 5.39. The molecule has 1 N–H and O–H groups in total. The predicted molar refractivity (Wildman–Crippen MR) is 86.0 cm³/mol. The summed E-state index contributed by atoms with van der Waals surface area (Å²) in [6.07, 6.45) is 2.52. The molecule has 2 aliphatic rings. The number of rotatable bonds is 3. The number of piperidine rings is 1. The number of amides is 1. The average Bonchev–Trinajstić information content (AvgIpc) is 2.87. The van der Waals surface area contributed by atoms with Gasteiger partial charge in [-0.1, -0.05) is 29.6 Å². The lowest BCUT2D eigenvalue weighted by Crippen LogP contribution is -2.67. The van der Waals surface area contributed by atoms with E-state index in [0.29, 0.717) is 21.5 Å². The Bertz CT molecular complexity index is 574. The van der Waals surface area contributed by atoms with Gasteiger partial charge in [0.05, 0.1) is 16.7 Å². The van der Waals surface area contributed by atoms with Gasteiger partial charge in [-0.25, -0.2) is 15.0 Å². The topological polar surface area (TPSA) is 60.0 Å². The van der Waals surface area contributed by atoms with E-state index in [4.69, 9.17) is 37.4 Å².